The summed E-state index contributed by atoms with van der Waals surface area (Å²) in [6, 6.07) is 8.53. The highest BCUT2D eigenvalue weighted by atomic mass is 35.5. The summed E-state index contributed by atoms with van der Waals surface area (Å²) in [4.78, 5) is 23.5. The normalized spacial score (nSPS) is 22.1. The Morgan fingerprint density at radius 2 is 1.94 bits per heavy atom. The molecule has 8 nitrogen and oxygen atoms in total. The highest BCUT2D eigenvalue weighted by molar-refractivity contribution is 7.92. The first-order valence-electron chi connectivity index (χ1n) is 11.8. The third-order valence-electron chi connectivity index (χ3n) is 7.43. The molecule has 2 aliphatic carbocycles. The Kier molecular flexibility index (Phi) is 7.11. The lowest BCUT2D eigenvalue weighted by atomic mass is 9.84. The van der Waals surface area contributed by atoms with Crippen LogP contribution in [-0.2, 0) is 14.8 Å². The molecular formula is C25H30ClN3O5S. The summed E-state index contributed by atoms with van der Waals surface area (Å²) in [6.45, 7) is 5.21. The molecule has 1 N–H and O–H groups in total. The van der Waals surface area contributed by atoms with Crippen molar-refractivity contribution in [1.82, 2.24) is 5.32 Å². The van der Waals surface area contributed by atoms with Gasteiger partial charge in [-0.3, -0.25) is 19.2 Å². The maximum Gasteiger partial charge on any atom is 0.289 e. The van der Waals surface area contributed by atoms with E-state index in [2.05, 4.69) is 5.32 Å². The lowest BCUT2D eigenvalue weighted by Gasteiger charge is -2.30. The molecule has 0 aromatic heterocycles. The molecule has 2 saturated carbocycles. The summed E-state index contributed by atoms with van der Waals surface area (Å²) < 4.78 is 28.5. The van der Waals surface area contributed by atoms with Gasteiger partial charge in [-0.15, -0.1) is 0 Å². The standard InChI is InChI=1S/C25H30ClN3O5S/c1-15-4-9-23(16(2)10-15)28(35(33,34)20-7-8-22(26)24(13-20)29(31)32)14-25(30)27-17(3)21-12-18-5-6-19(21)11-18/h4,7-10,13,17-19,21H,5-6,11-12,14H2,1-3H3,(H,27,30)/t17-,18-,19-,21+/m0/s1. The van der Waals surface area contributed by atoms with Crippen LogP contribution in [0.15, 0.2) is 41.3 Å². The Labute approximate surface area is 210 Å². The number of nitrogens with zero attached hydrogens (tertiary/aromatic N) is 2. The van der Waals surface area contributed by atoms with Gasteiger partial charge in [0.1, 0.15) is 11.6 Å². The van der Waals surface area contributed by atoms with E-state index in [1.165, 1.54) is 31.4 Å². The number of anilines is 1. The van der Waals surface area contributed by atoms with Gasteiger partial charge in [-0.05, 0) is 81.5 Å². The Bertz CT molecular complexity index is 1270. The van der Waals surface area contributed by atoms with Crippen molar-refractivity contribution in [2.45, 2.75) is 57.4 Å². The number of sulfonamides is 1. The summed E-state index contributed by atoms with van der Waals surface area (Å²) in [5.74, 6) is 1.34. The third-order valence-corrected chi connectivity index (χ3v) is 9.51. The van der Waals surface area contributed by atoms with E-state index in [0.29, 0.717) is 23.1 Å². The van der Waals surface area contributed by atoms with Crippen molar-refractivity contribution in [3.8, 4) is 0 Å². The number of fused-ring (bicyclic) bond motifs is 2. The molecule has 0 aliphatic heterocycles. The molecule has 2 fully saturated rings. The number of nitro benzene ring substituents is 1. The molecule has 0 saturated heterocycles. The van der Waals surface area contributed by atoms with Gasteiger partial charge >= 0.3 is 0 Å². The number of benzene rings is 2. The van der Waals surface area contributed by atoms with Gasteiger partial charge in [0.15, 0.2) is 0 Å². The van der Waals surface area contributed by atoms with Gasteiger partial charge in [0.2, 0.25) is 5.91 Å². The van der Waals surface area contributed by atoms with Gasteiger partial charge in [-0.1, -0.05) is 35.7 Å². The van der Waals surface area contributed by atoms with Crippen molar-refractivity contribution in [2.75, 3.05) is 10.8 Å². The molecule has 2 aliphatic rings. The molecule has 35 heavy (non-hydrogen) atoms. The first-order valence-corrected chi connectivity index (χ1v) is 13.6. The average molecular weight is 520 g/mol. The number of carbonyl (C=O) groups excluding carboxylic acids is 1. The van der Waals surface area contributed by atoms with Gasteiger partial charge in [0.05, 0.1) is 15.5 Å². The molecule has 0 radical (unpaired) electrons. The van der Waals surface area contributed by atoms with E-state index < -0.39 is 33.1 Å². The summed E-state index contributed by atoms with van der Waals surface area (Å²) in [7, 11) is -4.31. The highest BCUT2D eigenvalue weighted by Crippen LogP contribution is 2.49. The van der Waals surface area contributed by atoms with E-state index in [9.17, 15) is 23.3 Å². The fourth-order valence-electron chi connectivity index (χ4n) is 5.75. The van der Waals surface area contributed by atoms with Crippen molar-refractivity contribution < 1.29 is 18.1 Å². The fraction of sp³-hybridized carbons (Fsp3) is 0.480. The molecule has 0 unspecified atom stereocenters. The second kappa shape index (κ2) is 9.78. The number of rotatable bonds is 8. The van der Waals surface area contributed by atoms with Crippen LogP contribution in [0.4, 0.5) is 11.4 Å². The van der Waals surface area contributed by atoms with Crippen molar-refractivity contribution in [2.24, 2.45) is 17.8 Å². The van der Waals surface area contributed by atoms with E-state index in [1.807, 2.05) is 19.9 Å². The molecule has 4 rings (SSSR count). The van der Waals surface area contributed by atoms with Crippen molar-refractivity contribution >= 4 is 38.9 Å². The van der Waals surface area contributed by atoms with Crippen LogP contribution in [0.5, 0.6) is 0 Å². The van der Waals surface area contributed by atoms with Crippen molar-refractivity contribution in [1.29, 1.82) is 0 Å². The lowest BCUT2D eigenvalue weighted by Crippen LogP contribution is -2.46. The Hall–Kier alpha value is -2.65. The number of halogens is 1. The van der Waals surface area contributed by atoms with Crippen LogP contribution in [-0.4, -0.2) is 31.8 Å². The minimum atomic E-state index is -4.31. The summed E-state index contributed by atoms with van der Waals surface area (Å²) in [6.07, 6.45) is 4.75. The first-order chi connectivity index (χ1) is 16.5. The van der Waals surface area contributed by atoms with Crippen LogP contribution < -0.4 is 9.62 Å². The third kappa shape index (κ3) is 5.16. The number of hydrogen-bond donors (Lipinski definition) is 1. The molecule has 2 aromatic rings. The zero-order valence-corrected chi connectivity index (χ0v) is 21.6. The number of nitrogens with one attached hydrogen (secondary N) is 1. The minimum Gasteiger partial charge on any atom is -0.352 e. The van der Waals surface area contributed by atoms with E-state index in [4.69, 9.17) is 11.6 Å². The quantitative estimate of drug-likeness (QED) is 0.390. The maximum absolute atomic E-state index is 13.7. The largest absolute Gasteiger partial charge is 0.352 e. The van der Waals surface area contributed by atoms with E-state index in [-0.39, 0.29) is 16.0 Å². The van der Waals surface area contributed by atoms with Gasteiger partial charge in [0.25, 0.3) is 15.7 Å². The predicted octanol–water partition coefficient (Wildman–Crippen LogP) is 5.00. The lowest BCUT2D eigenvalue weighted by molar-refractivity contribution is -0.384. The van der Waals surface area contributed by atoms with Gasteiger partial charge in [-0.25, -0.2) is 8.42 Å². The number of aryl methyl sites for hydroxylation is 2. The second-order valence-electron chi connectivity index (χ2n) is 9.87. The topological polar surface area (TPSA) is 110 Å². The SMILES string of the molecule is Cc1ccc(N(CC(=O)N[C@@H](C)[C@H]2C[C@H]3CC[C@H]2C3)S(=O)(=O)c2ccc(Cl)c([N+](=O)[O-])c2)c(C)c1. The molecule has 0 spiro atoms. The Balaban J connectivity index is 1.64. The van der Waals surface area contributed by atoms with Crippen molar-refractivity contribution in [3.63, 3.8) is 0 Å². The van der Waals surface area contributed by atoms with Crippen LogP contribution in [0.2, 0.25) is 5.02 Å². The molecule has 4 atom stereocenters. The van der Waals surface area contributed by atoms with E-state index in [0.717, 1.165) is 28.3 Å². The molecule has 10 heteroatoms. The highest BCUT2D eigenvalue weighted by Gasteiger charge is 2.42. The van der Waals surface area contributed by atoms with Crippen LogP contribution in [0.3, 0.4) is 0 Å². The van der Waals surface area contributed by atoms with E-state index in [1.54, 1.807) is 19.1 Å². The summed E-state index contributed by atoms with van der Waals surface area (Å²) in [5, 5.41) is 14.2. The van der Waals surface area contributed by atoms with Gasteiger partial charge in [0, 0.05) is 12.1 Å². The summed E-state index contributed by atoms with van der Waals surface area (Å²) >= 11 is 5.90. The zero-order chi connectivity index (χ0) is 25.5. The molecule has 2 aromatic carbocycles. The smallest absolute Gasteiger partial charge is 0.289 e. The predicted molar refractivity (Wildman–Crippen MR) is 135 cm³/mol. The van der Waals surface area contributed by atoms with Crippen LogP contribution in [0.25, 0.3) is 0 Å². The summed E-state index contributed by atoms with van der Waals surface area (Å²) in [5.41, 5.74) is 1.45. The van der Waals surface area contributed by atoms with Crippen LogP contribution in [0.1, 0.15) is 43.7 Å². The molecule has 1 amide bonds. The van der Waals surface area contributed by atoms with Crippen LogP contribution >= 0.6 is 11.6 Å². The number of nitro groups is 1. The van der Waals surface area contributed by atoms with Crippen molar-refractivity contribution in [3.05, 3.63) is 62.7 Å². The number of hydrogen-bond acceptors (Lipinski definition) is 5. The van der Waals surface area contributed by atoms with Gasteiger partial charge < -0.3 is 5.32 Å². The fourth-order valence-corrected chi connectivity index (χ4v) is 7.44. The zero-order valence-electron chi connectivity index (χ0n) is 20.0. The Morgan fingerprint density at radius 1 is 1.20 bits per heavy atom. The van der Waals surface area contributed by atoms with Gasteiger partial charge in [-0.2, -0.15) is 0 Å². The maximum atomic E-state index is 13.7. The van der Waals surface area contributed by atoms with E-state index >= 15 is 0 Å². The second-order valence-corrected chi connectivity index (χ2v) is 12.1. The van der Waals surface area contributed by atoms with Crippen LogP contribution in [0, 0.1) is 41.7 Å². The number of carbonyl (C=O) groups is 1. The monoisotopic (exact) mass is 519 g/mol. The molecular weight excluding hydrogens is 490 g/mol. The minimum absolute atomic E-state index is 0.0573. The first kappa shape index (κ1) is 25.4. The molecule has 2 bridgehead atoms. The molecule has 0 heterocycles. The average Bonchev–Trinajstić information content (AvgIpc) is 3.42. The Morgan fingerprint density at radius 3 is 2.54 bits per heavy atom. The molecule has 188 valence electrons. The number of amides is 1.